The number of hydrogen-bond donors (Lipinski definition) is 1. The predicted molar refractivity (Wildman–Crippen MR) is 120 cm³/mol. The average Bonchev–Trinajstić information content (AvgIpc) is 2.58. The minimum Gasteiger partial charge on any atom is -0.463 e. The van der Waals surface area contributed by atoms with Crippen molar-refractivity contribution in [2.45, 2.75) is 102 Å². The van der Waals surface area contributed by atoms with E-state index in [-0.39, 0.29) is 37.0 Å². The van der Waals surface area contributed by atoms with Gasteiger partial charge in [-0.3, -0.25) is 9.59 Å². The molecule has 0 aliphatic heterocycles. The van der Waals surface area contributed by atoms with E-state index < -0.39 is 36.3 Å². The van der Waals surface area contributed by atoms with Crippen molar-refractivity contribution < 1.29 is 41.0 Å². The normalized spacial score (nSPS) is 16.7. The van der Waals surface area contributed by atoms with Gasteiger partial charge in [-0.25, -0.2) is 16.8 Å². The van der Waals surface area contributed by atoms with E-state index in [1.807, 2.05) is 13.8 Å². The van der Waals surface area contributed by atoms with Crippen molar-refractivity contribution in [1.82, 2.24) is 0 Å². The summed E-state index contributed by atoms with van der Waals surface area (Å²) in [5, 5.41) is 8.69. The van der Waals surface area contributed by atoms with Crippen molar-refractivity contribution >= 4 is 31.6 Å². The van der Waals surface area contributed by atoms with Gasteiger partial charge >= 0.3 is 11.9 Å². The molecule has 0 aromatic carbocycles. The highest BCUT2D eigenvalue weighted by Crippen LogP contribution is 2.15. The fourth-order valence-electron chi connectivity index (χ4n) is 2.57. The largest absolute Gasteiger partial charge is 0.463 e. The first-order valence-corrected chi connectivity index (χ1v) is 14.2. The molecule has 0 aromatic heterocycles. The molecular formula is C20H40O9S2. The van der Waals surface area contributed by atoms with Crippen LogP contribution in [0.1, 0.15) is 73.6 Å². The van der Waals surface area contributed by atoms with Crippen molar-refractivity contribution in [1.29, 1.82) is 0 Å². The summed E-state index contributed by atoms with van der Waals surface area (Å²) in [5.41, 5.74) is 0. The van der Waals surface area contributed by atoms with Crippen LogP contribution in [-0.2, 0) is 38.7 Å². The minimum absolute atomic E-state index is 0.163. The predicted octanol–water partition coefficient (Wildman–Crippen LogP) is 2.05. The van der Waals surface area contributed by atoms with Crippen LogP contribution in [0.2, 0.25) is 0 Å². The summed E-state index contributed by atoms with van der Waals surface area (Å²) in [6.45, 7) is 9.54. The Morgan fingerprint density at radius 3 is 1.35 bits per heavy atom. The lowest BCUT2D eigenvalue weighted by molar-refractivity contribution is -0.148. The molecule has 0 bridgehead atoms. The summed E-state index contributed by atoms with van der Waals surface area (Å²) in [6.07, 6.45) is 2.96. The number of carbonyl (C=O) groups is 2. The van der Waals surface area contributed by atoms with E-state index in [4.69, 9.17) is 9.47 Å². The highest BCUT2D eigenvalue weighted by Gasteiger charge is 2.23. The van der Waals surface area contributed by atoms with Gasteiger partial charge in [-0.05, 0) is 33.1 Å². The Morgan fingerprint density at radius 1 is 0.742 bits per heavy atom. The molecule has 0 fully saturated rings. The van der Waals surface area contributed by atoms with Crippen LogP contribution in [0.4, 0.5) is 0 Å². The van der Waals surface area contributed by atoms with Crippen molar-refractivity contribution in [3.05, 3.63) is 0 Å². The molecule has 0 aliphatic carbocycles. The van der Waals surface area contributed by atoms with Gasteiger partial charge in [-0.2, -0.15) is 0 Å². The zero-order chi connectivity index (χ0) is 25.0. The Kier molecular flexibility index (Phi) is 15.3. The van der Waals surface area contributed by atoms with Crippen LogP contribution in [0.25, 0.3) is 0 Å². The molecule has 0 rings (SSSR count). The summed E-state index contributed by atoms with van der Waals surface area (Å²) in [6, 6.07) is 0. The van der Waals surface area contributed by atoms with Crippen molar-refractivity contribution in [2.24, 2.45) is 0 Å². The Hall–Kier alpha value is -1.20. The summed E-state index contributed by atoms with van der Waals surface area (Å²) in [7, 11) is -6.17. The lowest BCUT2D eigenvalue weighted by Gasteiger charge is -2.20. The standard InChI is InChI=1S/C11H22O5S.C9H18O4S/c1-5-11(16-9(3)12)7-10(13)6-8(2)17(4,14)15;1-5-9(13-8(3)10)6-7(2)14(4,11)12/h8,10-11,13H,5-7H2,1-4H3;7,9H,5-6H2,1-4H3. The van der Waals surface area contributed by atoms with Crippen LogP contribution < -0.4 is 0 Å². The average molecular weight is 489 g/mol. The number of esters is 2. The van der Waals surface area contributed by atoms with E-state index in [1.165, 1.54) is 20.1 Å². The quantitative estimate of drug-likeness (QED) is 0.408. The van der Waals surface area contributed by atoms with Crippen molar-refractivity contribution in [3.63, 3.8) is 0 Å². The second kappa shape index (κ2) is 14.8. The van der Waals surface area contributed by atoms with Crippen LogP contribution in [0.15, 0.2) is 0 Å². The van der Waals surface area contributed by atoms with E-state index in [9.17, 15) is 31.5 Å². The second-order valence-corrected chi connectivity index (χ2v) is 12.8. The smallest absolute Gasteiger partial charge is 0.302 e. The van der Waals surface area contributed by atoms with E-state index in [0.717, 1.165) is 6.26 Å². The summed E-state index contributed by atoms with van der Waals surface area (Å²) >= 11 is 0. The molecule has 0 saturated heterocycles. The van der Waals surface area contributed by atoms with Crippen LogP contribution in [0, 0.1) is 0 Å². The maximum absolute atomic E-state index is 11.2. The molecule has 0 aliphatic rings. The van der Waals surface area contributed by atoms with Gasteiger partial charge in [0, 0.05) is 39.2 Å². The third-order valence-corrected chi connectivity index (χ3v) is 8.08. The summed E-state index contributed by atoms with van der Waals surface area (Å²) in [4.78, 5) is 21.4. The van der Waals surface area contributed by atoms with E-state index in [0.29, 0.717) is 19.3 Å². The summed E-state index contributed by atoms with van der Waals surface area (Å²) < 4.78 is 54.6. The molecule has 5 unspecified atom stereocenters. The molecule has 186 valence electrons. The first kappa shape index (κ1) is 32.0. The minimum atomic E-state index is -3.13. The topological polar surface area (TPSA) is 141 Å². The first-order valence-electron chi connectivity index (χ1n) is 10.3. The maximum Gasteiger partial charge on any atom is 0.302 e. The molecular weight excluding hydrogens is 448 g/mol. The molecule has 0 aromatic rings. The van der Waals surface area contributed by atoms with Gasteiger partial charge in [0.05, 0.1) is 16.6 Å². The van der Waals surface area contributed by atoms with Crippen LogP contribution in [-0.4, -0.2) is 75.2 Å². The van der Waals surface area contributed by atoms with Crippen molar-refractivity contribution in [2.75, 3.05) is 12.5 Å². The number of hydrogen-bond acceptors (Lipinski definition) is 9. The lowest BCUT2D eigenvalue weighted by Crippen LogP contribution is -2.27. The third kappa shape index (κ3) is 17.1. The zero-order valence-electron chi connectivity index (χ0n) is 20.0. The number of aliphatic hydroxyl groups is 1. The molecule has 0 saturated carbocycles. The third-order valence-electron chi connectivity index (χ3n) is 4.77. The van der Waals surface area contributed by atoms with Crippen LogP contribution >= 0.6 is 0 Å². The van der Waals surface area contributed by atoms with Gasteiger partial charge in [0.1, 0.15) is 31.9 Å². The SMILES string of the molecule is CCC(CC(C)S(C)(=O)=O)OC(C)=O.CCC(CC(O)CC(C)S(C)(=O)=O)OC(C)=O. The van der Waals surface area contributed by atoms with Gasteiger partial charge in [0.25, 0.3) is 0 Å². The van der Waals surface area contributed by atoms with Gasteiger partial charge in [0.2, 0.25) is 0 Å². The van der Waals surface area contributed by atoms with E-state index in [2.05, 4.69) is 0 Å². The number of sulfone groups is 2. The summed E-state index contributed by atoms with van der Waals surface area (Å²) in [5.74, 6) is -0.752. The molecule has 0 heterocycles. The van der Waals surface area contributed by atoms with Crippen LogP contribution in [0.3, 0.4) is 0 Å². The van der Waals surface area contributed by atoms with Gasteiger partial charge in [0.15, 0.2) is 0 Å². The van der Waals surface area contributed by atoms with Crippen LogP contribution in [0.5, 0.6) is 0 Å². The fraction of sp³-hybridized carbons (Fsp3) is 0.900. The molecule has 0 amide bonds. The Bertz CT molecular complexity index is 745. The van der Waals surface area contributed by atoms with Gasteiger partial charge in [-0.15, -0.1) is 0 Å². The van der Waals surface area contributed by atoms with Gasteiger partial charge < -0.3 is 14.6 Å². The lowest BCUT2D eigenvalue weighted by atomic mass is 10.1. The fourth-order valence-corrected chi connectivity index (χ4v) is 3.70. The first-order chi connectivity index (χ1) is 13.9. The Labute approximate surface area is 187 Å². The molecule has 0 radical (unpaired) electrons. The second-order valence-electron chi connectivity index (χ2n) is 7.92. The monoisotopic (exact) mass is 488 g/mol. The number of rotatable bonds is 12. The van der Waals surface area contributed by atoms with E-state index >= 15 is 0 Å². The number of ether oxygens (including phenoxy) is 2. The Morgan fingerprint density at radius 2 is 1.06 bits per heavy atom. The molecule has 0 spiro atoms. The van der Waals surface area contributed by atoms with Gasteiger partial charge in [-0.1, -0.05) is 13.8 Å². The molecule has 1 N–H and O–H groups in total. The number of carbonyl (C=O) groups excluding carboxylic acids is 2. The Balaban J connectivity index is 0. The molecule has 9 nitrogen and oxygen atoms in total. The number of aliphatic hydroxyl groups excluding tert-OH is 1. The zero-order valence-corrected chi connectivity index (χ0v) is 21.6. The molecule has 5 atom stereocenters. The molecule has 31 heavy (non-hydrogen) atoms. The highest BCUT2D eigenvalue weighted by atomic mass is 32.2. The van der Waals surface area contributed by atoms with Crippen molar-refractivity contribution in [3.8, 4) is 0 Å². The molecule has 11 heteroatoms. The maximum atomic E-state index is 11.2. The highest BCUT2D eigenvalue weighted by molar-refractivity contribution is 7.91. The van der Waals surface area contributed by atoms with E-state index in [1.54, 1.807) is 13.8 Å².